The summed E-state index contributed by atoms with van der Waals surface area (Å²) in [6.07, 6.45) is 5.01. The van der Waals surface area contributed by atoms with Gasteiger partial charge in [-0.2, -0.15) is 0 Å². The maximum atomic E-state index is 12.4. The number of carbonyl (C=O) groups is 2. The first kappa shape index (κ1) is 19.2. The lowest BCUT2D eigenvalue weighted by Crippen LogP contribution is -2.31. The number of benzene rings is 2. The van der Waals surface area contributed by atoms with Crippen molar-refractivity contribution in [3.05, 3.63) is 59.9 Å². The van der Waals surface area contributed by atoms with Gasteiger partial charge in [-0.05, 0) is 43.2 Å². The third-order valence-electron chi connectivity index (χ3n) is 5.64. The number of carbonyl (C=O) groups excluding carboxylic acids is 2. The molecule has 1 aromatic heterocycles. The highest BCUT2D eigenvalue weighted by Crippen LogP contribution is 2.24. The highest BCUT2D eigenvalue weighted by atomic mass is 16.2. The van der Waals surface area contributed by atoms with E-state index in [2.05, 4.69) is 10.6 Å². The van der Waals surface area contributed by atoms with Gasteiger partial charge in [-0.1, -0.05) is 31.0 Å². The Morgan fingerprint density at radius 2 is 1.86 bits per heavy atom. The molecule has 6 nitrogen and oxygen atoms in total. The molecular formula is C23H26N4O2. The molecule has 0 unspecified atom stereocenters. The minimum atomic E-state index is -0.143. The van der Waals surface area contributed by atoms with Gasteiger partial charge in [0.1, 0.15) is 5.82 Å². The van der Waals surface area contributed by atoms with E-state index in [1.54, 1.807) is 12.1 Å². The first-order valence-electron chi connectivity index (χ1n) is 10.2. The van der Waals surface area contributed by atoms with Crippen molar-refractivity contribution in [1.29, 1.82) is 0 Å². The van der Waals surface area contributed by atoms with Crippen molar-refractivity contribution in [3.63, 3.8) is 0 Å². The van der Waals surface area contributed by atoms with Gasteiger partial charge in [0, 0.05) is 37.2 Å². The molecule has 6 heteroatoms. The molecule has 1 aliphatic rings. The summed E-state index contributed by atoms with van der Waals surface area (Å²) >= 11 is 0. The molecule has 1 fully saturated rings. The largest absolute Gasteiger partial charge is 0.355 e. The lowest BCUT2D eigenvalue weighted by Gasteiger charge is -2.10. The number of hydrogen-bond donors (Lipinski definition) is 2. The lowest BCUT2D eigenvalue weighted by atomic mass is 10.1. The van der Waals surface area contributed by atoms with Crippen LogP contribution in [0, 0.1) is 5.92 Å². The SMILES string of the molecule is Cn1c(CCNC(=O)C2CCCC2)nc2cc(NC(=O)c3ccccc3)ccc21. The van der Waals surface area contributed by atoms with Crippen LogP contribution in [0.2, 0.25) is 0 Å². The predicted octanol–water partition coefficient (Wildman–Crippen LogP) is 3.67. The summed E-state index contributed by atoms with van der Waals surface area (Å²) in [7, 11) is 1.98. The van der Waals surface area contributed by atoms with Crippen molar-refractivity contribution in [2.24, 2.45) is 13.0 Å². The lowest BCUT2D eigenvalue weighted by molar-refractivity contribution is -0.124. The average Bonchev–Trinajstić information content (AvgIpc) is 3.37. The monoisotopic (exact) mass is 390 g/mol. The number of hydrogen-bond acceptors (Lipinski definition) is 3. The second-order valence-corrected chi connectivity index (χ2v) is 7.63. The van der Waals surface area contributed by atoms with Gasteiger partial charge >= 0.3 is 0 Å². The van der Waals surface area contributed by atoms with E-state index >= 15 is 0 Å². The van der Waals surface area contributed by atoms with Crippen LogP contribution in [0.5, 0.6) is 0 Å². The quantitative estimate of drug-likeness (QED) is 0.674. The van der Waals surface area contributed by atoms with E-state index < -0.39 is 0 Å². The summed E-state index contributed by atoms with van der Waals surface area (Å²) in [4.78, 5) is 29.2. The summed E-state index contributed by atoms with van der Waals surface area (Å²) in [5.41, 5.74) is 3.16. The fraction of sp³-hybridized carbons (Fsp3) is 0.348. The van der Waals surface area contributed by atoms with Crippen LogP contribution in [0.1, 0.15) is 41.9 Å². The van der Waals surface area contributed by atoms with Crippen LogP contribution < -0.4 is 10.6 Å². The molecule has 1 aliphatic carbocycles. The van der Waals surface area contributed by atoms with Crippen LogP contribution in [-0.4, -0.2) is 27.9 Å². The minimum Gasteiger partial charge on any atom is -0.355 e. The normalized spacial score (nSPS) is 14.2. The molecule has 0 radical (unpaired) electrons. The number of nitrogens with one attached hydrogen (secondary N) is 2. The van der Waals surface area contributed by atoms with Crippen molar-refractivity contribution >= 4 is 28.5 Å². The van der Waals surface area contributed by atoms with Crippen LogP contribution in [0.3, 0.4) is 0 Å². The van der Waals surface area contributed by atoms with Crippen LogP contribution in [0.25, 0.3) is 11.0 Å². The van der Waals surface area contributed by atoms with Gasteiger partial charge in [-0.3, -0.25) is 9.59 Å². The van der Waals surface area contributed by atoms with Crippen LogP contribution in [0.15, 0.2) is 48.5 Å². The second kappa shape index (κ2) is 8.47. The van der Waals surface area contributed by atoms with E-state index in [-0.39, 0.29) is 17.7 Å². The molecule has 2 aromatic carbocycles. The van der Waals surface area contributed by atoms with E-state index in [1.807, 2.05) is 48.0 Å². The average molecular weight is 390 g/mol. The third-order valence-corrected chi connectivity index (χ3v) is 5.64. The Hall–Kier alpha value is -3.15. The molecule has 3 aromatic rings. The molecular weight excluding hydrogens is 364 g/mol. The maximum absolute atomic E-state index is 12.4. The number of fused-ring (bicyclic) bond motifs is 1. The molecule has 2 N–H and O–H groups in total. The summed E-state index contributed by atoms with van der Waals surface area (Å²) in [6, 6.07) is 14.9. The highest BCUT2D eigenvalue weighted by molar-refractivity contribution is 6.04. The Bertz CT molecular complexity index is 1020. The molecule has 4 rings (SSSR count). The fourth-order valence-corrected chi connectivity index (χ4v) is 3.97. The van der Waals surface area contributed by atoms with Gasteiger partial charge in [-0.15, -0.1) is 0 Å². The Morgan fingerprint density at radius 1 is 1.10 bits per heavy atom. The van der Waals surface area contributed by atoms with Crippen LogP contribution in [-0.2, 0) is 18.3 Å². The minimum absolute atomic E-state index is 0.143. The summed E-state index contributed by atoms with van der Waals surface area (Å²) < 4.78 is 2.04. The fourth-order valence-electron chi connectivity index (χ4n) is 3.97. The highest BCUT2D eigenvalue weighted by Gasteiger charge is 2.22. The van der Waals surface area contributed by atoms with Gasteiger partial charge in [-0.25, -0.2) is 4.98 Å². The molecule has 0 atom stereocenters. The zero-order chi connectivity index (χ0) is 20.2. The van der Waals surface area contributed by atoms with Gasteiger partial charge in [0.2, 0.25) is 5.91 Å². The van der Waals surface area contributed by atoms with E-state index in [9.17, 15) is 9.59 Å². The third kappa shape index (κ3) is 4.31. The Balaban J connectivity index is 1.41. The van der Waals surface area contributed by atoms with Crippen LogP contribution >= 0.6 is 0 Å². The number of rotatable bonds is 6. The predicted molar refractivity (Wildman–Crippen MR) is 114 cm³/mol. The molecule has 2 amide bonds. The first-order valence-corrected chi connectivity index (χ1v) is 10.2. The van der Waals surface area contributed by atoms with E-state index in [1.165, 1.54) is 0 Å². The number of anilines is 1. The molecule has 1 heterocycles. The zero-order valence-corrected chi connectivity index (χ0v) is 16.6. The van der Waals surface area contributed by atoms with Crippen LogP contribution in [0.4, 0.5) is 5.69 Å². The van der Waals surface area contributed by atoms with Crippen molar-refractivity contribution in [2.45, 2.75) is 32.1 Å². The number of amides is 2. The molecule has 0 spiro atoms. The Labute approximate surface area is 170 Å². The van der Waals surface area contributed by atoms with Gasteiger partial charge in [0.15, 0.2) is 0 Å². The van der Waals surface area contributed by atoms with E-state index in [4.69, 9.17) is 4.98 Å². The topological polar surface area (TPSA) is 76.0 Å². The van der Waals surface area contributed by atoms with Crippen molar-refractivity contribution in [3.8, 4) is 0 Å². The maximum Gasteiger partial charge on any atom is 0.255 e. The summed E-state index contributed by atoms with van der Waals surface area (Å²) in [6.45, 7) is 0.587. The van der Waals surface area contributed by atoms with E-state index in [0.717, 1.165) is 42.5 Å². The number of imidazole rings is 1. The Morgan fingerprint density at radius 3 is 2.62 bits per heavy atom. The first-order chi connectivity index (χ1) is 14.1. The van der Waals surface area contributed by atoms with Gasteiger partial charge in [0.25, 0.3) is 5.91 Å². The molecule has 0 saturated heterocycles. The summed E-state index contributed by atoms with van der Waals surface area (Å²) in [5.74, 6) is 1.13. The second-order valence-electron chi connectivity index (χ2n) is 7.63. The van der Waals surface area contributed by atoms with Crippen molar-refractivity contribution in [2.75, 3.05) is 11.9 Å². The molecule has 0 bridgehead atoms. The van der Waals surface area contributed by atoms with Crippen molar-refractivity contribution in [1.82, 2.24) is 14.9 Å². The number of nitrogens with zero attached hydrogens (tertiary/aromatic N) is 2. The number of aromatic nitrogens is 2. The molecule has 29 heavy (non-hydrogen) atoms. The summed E-state index contributed by atoms with van der Waals surface area (Å²) in [5, 5.41) is 5.97. The molecule has 150 valence electrons. The zero-order valence-electron chi connectivity index (χ0n) is 16.6. The smallest absolute Gasteiger partial charge is 0.255 e. The van der Waals surface area contributed by atoms with Crippen molar-refractivity contribution < 1.29 is 9.59 Å². The Kier molecular flexibility index (Phi) is 5.60. The molecule has 1 saturated carbocycles. The standard InChI is InChI=1S/C23H26N4O2/c1-27-20-12-11-18(25-23(29)17-7-3-2-4-8-17)15-19(20)26-21(27)13-14-24-22(28)16-9-5-6-10-16/h2-4,7-8,11-12,15-16H,5-6,9-10,13-14H2,1H3,(H,24,28)(H,25,29). The van der Waals surface area contributed by atoms with Gasteiger partial charge < -0.3 is 15.2 Å². The molecule has 0 aliphatic heterocycles. The van der Waals surface area contributed by atoms with Gasteiger partial charge in [0.05, 0.1) is 11.0 Å². The number of aryl methyl sites for hydroxylation is 1. The van der Waals surface area contributed by atoms with E-state index in [0.29, 0.717) is 24.2 Å².